The second-order valence-corrected chi connectivity index (χ2v) is 4.78. The monoisotopic (exact) mass is 293 g/mol. The van der Waals surface area contributed by atoms with Gasteiger partial charge in [0.1, 0.15) is 0 Å². The quantitative estimate of drug-likeness (QED) is 0.688. The summed E-state index contributed by atoms with van der Waals surface area (Å²) in [6.07, 6.45) is 0.361. The summed E-state index contributed by atoms with van der Waals surface area (Å²) < 4.78 is 5.20. The van der Waals surface area contributed by atoms with Crippen molar-refractivity contribution >= 4 is 23.3 Å². The lowest BCUT2D eigenvalue weighted by molar-refractivity contribution is -0.134. The van der Waals surface area contributed by atoms with E-state index in [-0.39, 0.29) is 11.5 Å². The minimum atomic E-state index is -1.02. The predicted octanol–water partition coefficient (Wildman–Crippen LogP) is 0.628. The number of amides is 1. The smallest absolute Gasteiger partial charge is 0.335 e. The molecule has 0 radical (unpaired) electrons. The molecule has 0 atom stereocenters. The number of nitrogens with two attached hydrogens (primary N) is 1. The summed E-state index contributed by atoms with van der Waals surface area (Å²) in [5.74, 6) is -0.942. The molecule has 1 amide bonds. The van der Waals surface area contributed by atoms with Crippen molar-refractivity contribution < 1.29 is 19.4 Å². The number of carboxylic acid groups (broad SMARTS) is 1. The highest BCUT2D eigenvalue weighted by molar-refractivity contribution is 5.90. The molecule has 1 aromatic rings. The molecule has 0 saturated carbocycles. The van der Waals surface area contributed by atoms with Gasteiger partial charge in [-0.2, -0.15) is 0 Å². The molecule has 1 fully saturated rings. The number of morpholine rings is 1. The lowest BCUT2D eigenvalue weighted by Gasteiger charge is -2.27. The number of anilines is 2. The summed E-state index contributed by atoms with van der Waals surface area (Å²) in [5, 5.41) is 11.9. The van der Waals surface area contributed by atoms with E-state index in [1.54, 1.807) is 11.0 Å². The lowest BCUT2D eigenvalue weighted by Crippen LogP contribution is -2.41. The summed E-state index contributed by atoms with van der Waals surface area (Å²) in [5.41, 5.74) is 6.91. The van der Waals surface area contributed by atoms with E-state index in [1.165, 1.54) is 12.1 Å². The molecule has 1 aromatic carbocycles. The molecule has 4 N–H and O–H groups in total. The van der Waals surface area contributed by atoms with Crippen molar-refractivity contribution in [3.8, 4) is 0 Å². The van der Waals surface area contributed by atoms with Crippen molar-refractivity contribution in [3.05, 3.63) is 23.8 Å². The molecule has 7 nitrogen and oxygen atoms in total. The Hall–Kier alpha value is -2.28. The normalized spacial score (nSPS) is 14.8. The summed E-state index contributed by atoms with van der Waals surface area (Å²) in [4.78, 5) is 24.5. The first-order valence-corrected chi connectivity index (χ1v) is 6.80. The Bertz CT molecular complexity index is 527. The summed E-state index contributed by atoms with van der Waals surface area (Å²) in [6, 6.07) is 4.48. The summed E-state index contributed by atoms with van der Waals surface area (Å²) >= 11 is 0. The van der Waals surface area contributed by atoms with Crippen molar-refractivity contribution in [3.63, 3.8) is 0 Å². The van der Waals surface area contributed by atoms with Crippen LogP contribution in [0.1, 0.15) is 16.8 Å². The molecule has 0 aromatic heterocycles. The molecule has 114 valence electrons. The van der Waals surface area contributed by atoms with E-state index in [1.807, 2.05) is 0 Å². The molecule has 1 heterocycles. The lowest BCUT2D eigenvalue weighted by atomic mass is 10.1. The number of carboxylic acids is 1. The minimum Gasteiger partial charge on any atom is -0.478 e. The third-order valence-electron chi connectivity index (χ3n) is 3.32. The Kier molecular flexibility index (Phi) is 4.99. The molecule has 0 spiro atoms. The fourth-order valence-corrected chi connectivity index (χ4v) is 2.13. The van der Waals surface area contributed by atoms with Gasteiger partial charge in [-0.1, -0.05) is 0 Å². The topological polar surface area (TPSA) is 105 Å². The number of benzene rings is 1. The standard InChI is InChI=1S/C14H19N3O4/c15-11-9-10(14(19)20)1-2-12(11)16-4-3-13(18)17-5-7-21-8-6-17/h1-2,9,16H,3-8,15H2,(H,19,20). The predicted molar refractivity (Wildman–Crippen MR) is 78.3 cm³/mol. The molecule has 21 heavy (non-hydrogen) atoms. The zero-order valence-corrected chi connectivity index (χ0v) is 11.7. The number of ether oxygens (including phenoxy) is 1. The molecule has 7 heteroatoms. The van der Waals surface area contributed by atoms with E-state index < -0.39 is 5.97 Å². The zero-order chi connectivity index (χ0) is 15.2. The van der Waals surface area contributed by atoms with Crippen LogP contribution in [0, 0.1) is 0 Å². The first-order valence-electron chi connectivity index (χ1n) is 6.80. The van der Waals surface area contributed by atoms with Crippen LogP contribution in [-0.2, 0) is 9.53 Å². The van der Waals surface area contributed by atoms with Crippen molar-refractivity contribution in [1.82, 2.24) is 4.90 Å². The van der Waals surface area contributed by atoms with Crippen molar-refractivity contribution in [2.75, 3.05) is 43.9 Å². The molecule has 0 unspecified atom stereocenters. The SMILES string of the molecule is Nc1cc(C(=O)O)ccc1NCCC(=O)N1CCOCC1. The Morgan fingerprint density at radius 3 is 2.67 bits per heavy atom. The third-order valence-corrected chi connectivity index (χ3v) is 3.32. The maximum Gasteiger partial charge on any atom is 0.335 e. The number of nitrogen functional groups attached to an aromatic ring is 1. The van der Waals surface area contributed by atoms with Crippen LogP contribution in [0.4, 0.5) is 11.4 Å². The van der Waals surface area contributed by atoms with Gasteiger partial charge in [-0.25, -0.2) is 4.79 Å². The van der Waals surface area contributed by atoms with Gasteiger partial charge in [0.25, 0.3) is 0 Å². The maximum atomic E-state index is 11.9. The van der Waals surface area contributed by atoms with Crippen LogP contribution >= 0.6 is 0 Å². The van der Waals surface area contributed by atoms with Gasteiger partial charge in [0, 0.05) is 26.1 Å². The number of aromatic carboxylic acids is 1. The van der Waals surface area contributed by atoms with Gasteiger partial charge < -0.3 is 25.8 Å². The van der Waals surface area contributed by atoms with E-state index in [9.17, 15) is 9.59 Å². The molecule has 2 rings (SSSR count). The van der Waals surface area contributed by atoms with Crippen molar-refractivity contribution in [2.24, 2.45) is 0 Å². The summed E-state index contributed by atoms with van der Waals surface area (Å²) in [7, 11) is 0. The van der Waals surface area contributed by atoms with Gasteiger partial charge in [0.2, 0.25) is 5.91 Å². The van der Waals surface area contributed by atoms with E-state index in [0.717, 1.165) is 0 Å². The van der Waals surface area contributed by atoms with Crippen molar-refractivity contribution in [2.45, 2.75) is 6.42 Å². The number of nitrogens with one attached hydrogen (secondary N) is 1. The third kappa shape index (κ3) is 4.09. The van der Waals surface area contributed by atoms with E-state index in [0.29, 0.717) is 50.6 Å². The molecule has 1 aliphatic rings. The Balaban J connectivity index is 1.83. The molecular formula is C14H19N3O4. The Labute approximate surface area is 122 Å². The highest BCUT2D eigenvalue weighted by Crippen LogP contribution is 2.19. The van der Waals surface area contributed by atoms with E-state index in [2.05, 4.69) is 5.32 Å². The van der Waals surface area contributed by atoms with Crippen LogP contribution in [-0.4, -0.2) is 54.7 Å². The van der Waals surface area contributed by atoms with Gasteiger partial charge in [-0.05, 0) is 18.2 Å². The van der Waals surface area contributed by atoms with Gasteiger partial charge in [-0.3, -0.25) is 4.79 Å². The number of hydrogen-bond acceptors (Lipinski definition) is 5. The van der Waals surface area contributed by atoms with E-state index in [4.69, 9.17) is 15.6 Å². The van der Waals surface area contributed by atoms with Crippen molar-refractivity contribution in [1.29, 1.82) is 0 Å². The zero-order valence-electron chi connectivity index (χ0n) is 11.7. The van der Waals surface area contributed by atoms with Gasteiger partial charge in [0.05, 0.1) is 30.2 Å². The van der Waals surface area contributed by atoms with E-state index >= 15 is 0 Å². The molecular weight excluding hydrogens is 274 g/mol. The Morgan fingerprint density at radius 1 is 1.33 bits per heavy atom. The molecule has 1 aliphatic heterocycles. The maximum absolute atomic E-state index is 11.9. The molecule has 0 aliphatic carbocycles. The number of hydrogen-bond donors (Lipinski definition) is 3. The number of rotatable bonds is 5. The molecule has 0 bridgehead atoms. The Morgan fingerprint density at radius 2 is 2.05 bits per heavy atom. The number of nitrogens with zero attached hydrogens (tertiary/aromatic N) is 1. The average Bonchev–Trinajstić information content (AvgIpc) is 2.49. The molecule has 1 saturated heterocycles. The van der Waals surface area contributed by atoms with Gasteiger partial charge >= 0.3 is 5.97 Å². The minimum absolute atomic E-state index is 0.0755. The largest absolute Gasteiger partial charge is 0.478 e. The first-order chi connectivity index (χ1) is 10.1. The van der Waals surface area contributed by atoms with Gasteiger partial charge in [-0.15, -0.1) is 0 Å². The second-order valence-electron chi connectivity index (χ2n) is 4.78. The van der Waals surface area contributed by atoms with Crippen LogP contribution in [0.25, 0.3) is 0 Å². The average molecular weight is 293 g/mol. The fourth-order valence-electron chi connectivity index (χ4n) is 2.13. The summed E-state index contributed by atoms with van der Waals surface area (Å²) in [6.45, 7) is 2.89. The number of carbonyl (C=O) groups excluding carboxylic acids is 1. The van der Waals surface area contributed by atoms with Crippen LogP contribution in [0.15, 0.2) is 18.2 Å². The van der Waals surface area contributed by atoms with Gasteiger partial charge in [0.15, 0.2) is 0 Å². The van der Waals surface area contributed by atoms with Crippen LogP contribution in [0.3, 0.4) is 0 Å². The highest BCUT2D eigenvalue weighted by Gasteiger charge is 2.16. The van der Waals surface area contributed by atoms with Crippen LogP contribution in [0.5, 0.6) is 0 Å². The second kappa shape index (κ2) is 6.94. The number of carbonyl (C=O) groups is 2. The fraction of sp³-hybridized carbons (Fsp3) is 0.429. The van der Waals surface area contributed by atoms with Crippen LogP contribution in [0.2, 0.25) is 0 Å². The first kappa shape index (κ1) is 15.1. The van der Waals surface area contributed by atoms with Crippen LogP contribution < -0.4 is 11.1 Å². The highest BCUT2D eigenvalue weighted by atomic mass is 16.5.